The van der Waals surface area contributed by atoms with E-state index in [0.29, 0.717) is 35.6 Å². The molecule has 0 bridgehead atoms. The number of aryl methyl sites for hydroxylation is 2. The highest BCUT2D eigenvalue weighted by Gasteiger charge is 2.34. The zero-order valence-electron chi connectivity index (χ0n) is 22.3. The van der Waals surface area contributed by atoms with E-state index in [1.54, 1.807) is 0 Å². The van der Waals surface area contributed by atoms with Gasteiger partial charge in [0.2, 0.25) is 0 Å². The average molecular weight is 509 g/mol. The Labute approximate surface area is 218 Å². The Balaban J connectivity index is 1.24. The molecule has 37 heavy (non-hydrogen) atoms. The van der Waals surface area contributed by atoms with Gasteiger partial charge in [-0.05, 0) is 103 Å². The molecule has 200 valence electrons. The maximum absolute atomic E-state index is 12.9. The Kier molecular flexibility index (Phi) is 6.68. The Hall–Kier alpha value is -2.54. The fourth-order valence-electron chi connectivity index (χ4n) is 7.08. The second-order valence-electron chi connectivity index (χ2n) is 12.1. The van der Waals surface area contributed by atoms with E-state index in [9.17, 15) is 9.59 Å². The minimum Gasteiger partial charge on any atom is -0.487 e. The van der Waals surface area contributed by atoms with Crippen molar-refractivity contribution in [1.82, 2.24) is 10.2 Å². The van der Waals surface area contributed by atoms with Crippen LogP contribution in [-0.4, -0.2) is 48.7 Å². The van der Waals surface area contributed by atoms with Crippen LogP contribution in [0.5, 0.6) is 11.5 Å². The highest BCUT2D eigenvalue weighted by molar-refractivity contribution is 5.92. The van der Waals surface area contributed by atoms with Crippen molar-refractivity contribution in [3.63, 3.8) is 0 Å². The first-order valence-electron chi connectivity index (χ1n) is 14.4. The molecule has 1 amide bonds. The van der Waals surface area contributed by atoms with Crippen LogP contribution >= 0.6 is 0 Å². The molecule has 2 saturated heterocycles. The molecule has 4 aliphatic rings. The largest absolute Gasteiger partial charge is 0.487 e. The van der Waals surface area contributed by atoms with Crippen molar-refractivity contribution in [2.45, 2.75) is 96.1 Å². The lowest BCUT2D eigenvalue weighted by atomic mass is 9.83. The Bertz CT molecular complexity index is 1250. The lowest BCUT2D eigenvalue weighted by molar-refractivity contribution is -0.123. The summed E-state index contributed by atoms with van der Waals surface area (Å²) in [4.78, 5) is 28.4. The number of rotatable bonds is 5. The molecule has 0 unspecified atom stereocenters. The third-order valence-corrected chi connectivity index (χ3v) is 9.03. The normalized spacial score (nSPS) is 24.9. The standard InChI is InChI=1S/C30H40N2O5/c1-30(2)13-12-22-24(37-30)16-25(27-20-9-3-4-10-21(20)29(34)36-28(22)27)35-18-26(33)31-17-19-8-7-15-32-14-6-5-11-23(19)32/h16,19,23H,3-15,17-18H2,1-2H3,(H,31,33)/t19-,23+/m0/s1. The highest BCUT2D eigenvalue weighted by atomic mass is 16.5. The fourth-order valence-corrected chi connectivity index (χ4v) is 7.08. The smallest absolute Gasteiger partial charge is 0.339 e. The number of nitrogens with zero attached hydrogens (tertiary/aromatic N) is 1. The summed E-state index contributed by atoms with van der Waals surface area (Å²) in [5.74, 6) is 1.68. The molecule has 0 saturated carbocycles. The van der Waals surface area contributed by atoms with Gasteiger partial charge in [0.05, 0.1) is 5.39 Å². The molecule has 0 radical (unpaired) electrons. The predicted octanol–water partition coefficient (Wildman–Crippen LogP) is 4.53. The van der Waals surface area contributed by atoms with Gasteiger partial charge in [0.15, 0.2) is 6.61 Å². The van der Waals surface area contributed by atoms with E-state index in [-0.39, 0.29) is 23.7 Å². The summed E-state index contributed by atoms with van der Waals surface area (Å²) >= 11 is 0. The summed E-state index contributed by atoms with van der Waals surface area (Å²) in [5.41, 5.74) is 2.75. The molecule has 4 heterocycles. The molecule has 1 aromatic carbocycles. The van der Waals surface area contributed by atoms with E-state index < -0.39 is 0 Å². The fraction of sp³-hybridized carbons (Fsp3) is 0.667. The molecule has 2 aromatic rings. The number of benzene rings is 1. The summed E-state index contributed by atoms with van der Waals surface area (Å²) in [7, 11) is 0. The van der Waals surface area contributed by atoms with Gasteiger partial charge in [-0.1, -0.05) is 6.42 Å². The number of carbonyl (C=O) groups is 1. The van der Waals surface area contributed by atoms with Gasteiger partial charge in [-0.2, -0.15) is 0 Å². The number of hydrogen-bond acceptors (Lipinski definition) is 6. The van der Waals surface area contributed by atoms with Crippen LogP contribution < -0.4 is 20.4 Å². The van der Waals surface area contributed by atoms with Crippen LogP contribution in [0.4, 0.5) is 0 Å². The molecular formula is C30H40N2O5. The minimum absolute atomic E-state index is 0.0632. The second kappa shape index (κ2) is 9.97. The van der Waals surface area contributed by atoms with Gasteiger partial charge in [0.1, 0.15) is 22.7 Å². The number of nitrogens with one attached hydrogen (secondary N) is 1. The Morgan fingerprint density at radius 2 is 1.86 bits per heavy atom. The summed E-state index contributed by atoms with van der Waals surface area (Å²) in [5, 5.41) is 4.01. The van der Waals surface area contributed by atoms with Crippen LogP contribution in [0.25, 0.3) is 11.0 Å². The second-order valence-corrected chi connectivity index (χ2v) is 12.1. The molecule has 1 aromatic heterocycles. The first kappa shape index (κ1) is 24.8. The van der Waals surface area contributed by atoms with E-state index in [0.717, 1.165) is 60.6 Å². The van der Waals surface area contributed by atoms with Gasteiger partial charge < -0.3 is 24.1 Å². The number of hydrogen-bond donors (Lipinski definition) is 1. The molecule has 0 spiro atoms. The van der Waals surface area contributed by atoms with Gasteiger partial charge in [0.25, 0.3) is 5.91 Å². The minimum atomic E-state index is -0.309. The molecule has 2 atom stereocenters. The van der Waals surface area contributed by atoms with Crippen LogP contribution in [0.2, 0.25) is 0 Å². The lowest BCUT2D eigenvalue weighted by Crippen LogP contribution is -2.51. The number of ether oxygens (including phenoxy) is 2. The first-order chi connectivity index (χ1) is 17.9. The van der Waals surface area contributed by atoms with Crippen LogP contribution in [0, 0.1) is 5.92 Å². The number of piperidine rings is 2. The number of amides is 1. The summed E-state index contributed by atoms with van der Waals surface area (Å²) < 4.78 is 18.4. The third kappa shape index (κ3) is 4.87. The van der Waals surface area contributed by atoms with Gasteiger partial charge in [-0.3, -0.25) is 4.79 Å². The maximum Gasteiger partial charge on any atom is 0.339 e. The van der Waals surface area contributed by atoms with Crippen molar-refractivity contribution in [2.24, 2.45) is 5.92 Å². The molecule has 7 nitrogen and oxygen atoms in total. The van der Waals surface area contributed by atoms with E-state index in [1.807, 2.05) is 6.07 Å². The molecule has 6 rings (SSSR count). The Morgan fingerprint density at radius 1 is 1.05 bits per heavy atom. The van der Waals surface area contributed by atoms with Gasteiger partial charge in [-0.15, -0.1) is 0 Å². The number of fused-ring (bicyclic) bond motifs is 6. The van der Waals surface area contributed by atoms with Crippen molar-refractivity contribution in [3.8, 4) is 11.5 Å². The van der Waals surface area contributed by atoms with Crippen molar-refractivity contribution >= 4 is 16.9 Å². The van der Waals surface area contributed by atoms with Gasteiger partial charge in [0, 0.05) is 29.8 Å². The maximum atomic E-state index is 12.9. The zero-order valence-corrected chi connectivity index (χ0v) is 22.3. The third-order valence-electron chi connectivity index (χ3n) is 9.03. The van der Waals surface area contributed by atoms with Crippen molar-refractivity contribution < 1.29 is 18.7 Å². The Morgan fingerprint density at radius 3 is 2.73 bits per heavy atom. The van der Waals surface area contributed by atoms with E-state index in [4.69, 9.17) is 13.9 Å². The molecule has 2 fully saturated rings. The zero-order chi connectivity index (χ0) is 25.6. The molecule has 7 heteroatoms. The molecule has 1 N–H and O–H groups in total. The van der Waals surface area contributed by atoms with Gasteiger partial charge >= 0.3 is 5.63 Å². The van der Waals surface area contributed by atoms with Crippen LogP contribution in [0.3, 0.4) is 0 Å². The van der Waals surface area contributed by atoms with Crippen molar-refractivity contribution in [2.75, 3.05) is 26.2 Å². The average Bonchev–Trinajstić information content (AvgIpc) is 2.90. The summed E-state index contributed by atoms with van der Waals surface area (Å²) in [6.45, 7) is 7.17. The number of carbonyl (C=O) groups excluding carboxylic acids is 1. The summed E-state index contributed by atoms with van der Waals surface area (Å²) in [6.07, 6.45) is 11.4. The quantitative estimate of drug-likeness (QED) is 0.598. The van der Waals surface area contributed by atoms with Crippen LogP contribution in [-0.2, 0) is 24.1 Å². The van der Waals surface area contributed by atoms with E-state index in [1.165, 1.54) is 45.2 Å². The molecule has 1 aliphatic carbocycles. The highest BCUT2D eigenvalue weighted by Crippen LogP contribution is 2.44. The van der Waals surface area contributed by atoms with E-state index in [2.05, 4.69) is 24.1 Å². The lowest BCUT2D eigenvalue weighted by Gasteiger charge is -2.44. The van der Waals surface area contributed by atoms with Crippen LogP contribution in [0.1, 0.15) is 81.9 Å². The predicted molar refractivity (Wildman–Crippen MR) is 143 cm³/mol. The van der Waals surface area contributed by atoms with Gasteiger partial charge in [-0.25, -0.2) is 4.79 Å². The SMILES string of the molecule is CC1(C)CCc2c(cc(OCC(=O)NC[C@@H]3CCCN4CCCC[C@H]34)c3c4c(c(=O)oc23)CCCC4)O1. The molecule has 3 aliphatic heterocycles. The summed E-state index contributed by atoms with van der Waals surface area (Å²) in [6, 6.07) is 2.52. The topological polar surface area (TPSA) is 81.0 Å². The van der Waals surface area contributed by atoms with E-state index >= 15 is 0 Å². The van der Waals surface area contributed by atoms with Crippen molar-refractivity contribution in [3.05, 3.63) is 33.2 Å². The molecular weight excluding hydrogens is 468 g/mol. The van der Waals surface area contributed by atoms with Crippen LogP contribution in [0.15, 0.2) is 15.3 Å². The first-order valence-corrected chi connectivity index (χ1v) is 14.4. The van der Waals surface area contributed by atoms with Crippen molar-refractivity contribution in [1.29, 1.82) is 0 Å². The monoisotopic (exact) mass is 508 g/mol.